The summed E-state index contributed by atoms with van der Waals surface area (Å²) in [6, 6.07) is 8.77. The second kappa shape index (κ2) is 10.0. The van der Waals surface area contributed by atoms with Gasteiger partial charge in [-0.3, -0.25) is 14.4 Å². The molecule has 0 saturated carbocycles. The van der Waals surface area contributed by atoms with E-state index >= 15 is 0 Å². The molecular weight excluding hydrogens is 468 g/mol. The van der Waals surface area contributed by atoms with Crippen molar-refractivity contribution < 1.29 is 9.59 Å². The SMILES string of the molecule is CCCCCn1c2c(cc(C(=O)Nc3ccc(-c4cn(C)c5ncnc(N)c45)cc3)c1=O)C(=O)CCC2. The zero-order valence-corrected chi connectivity index (χ0v) is 21.1. The largest absolute Gasteiger partial charge is 0.383 e. The first-order chi connectivity index (χ1) is 17.9. The van der Waals surface area contributed by atoms with Crippen molar-refractivity contribution in [1.29, 1.82) is 0 Å². The number of aromatic nitrogens is 4. The molecule has 1 aliphatic carbocycles. The number of hydrogen-bond acceptors (Lipinski definition) is 6. The summed E-state index contributed by atoms with van der Waals surface area (Å²) in [5.74, 6) is -0.136. The molecule has 0 fully saturated rings. The number of carbonyl (C=O) groups is 2. The summed E-state index contributed by atoms with van der Waals surface area (Å²) in [5.41, 5.74) is 10.1. The molecule has 0 aliphatic heterocycles. The van der Waals surface area contributed by atoms with Gasteiger partial charge in [0.2, 0.25) is 0 Å². The number of nitrogens with two attached hydrogens (primary N) is 1. The van der Waals surface area contributed by atoms with Crippen LogP contribution < -0.4 is 16.6 Å². The highest BCUT2D eigenvalue weighted by molar-refractivity contribution is 6.07. The van der Waals surface area contributed by atoms with Crippen LogP contribution in [0, 0.1) is 0 Å². The number of nitrogens with one attached hydrogen (secondary N) is 1. The molecule has 0 radical (unpaired) electrons. The maximum atomic E-state index is 13.3. The molecular formula is C28H30N6O3. The van der Waals surface area contributed by atoms with Crippen LogP contribution in [-0.2, 0) is 20.0 Å². The number of nitrogens with zero attached hydrogens (tertiary/aromatic N) is 4. The molecule has 1 aromatic carbocycles. The molecule has 0 saturated heterocycles. The number of ketones is 1. The van der Waals surface area contributed by atoms with Gasteiger partial charge in [0.05, 0.1) is 5.39 Å². The fourth-order valence-corrected chi connectivity index (χ4v) is 5.07. The summed E-state index contributed by atoms with van der Waals surface area (Å²) in [6.45, 7) is 2.61. The van der Waals surface area contributed by atoms with Gasteiger partial charge in [-0.05, 0) is 43.0 Å². The summed E-state index contributed by atoms with van der Waals surface area (Å²) in [7, 11) is 1.89. The summed E-state index contributed by atoms with van der Waals surface area (Å²) in [5, 5.41) is 3.60. The molecule has 0 atom stereocenters. The van der Waals surface area contributed by atoms with Crippen molar-refractivity contribution in [3.63, 3.8) is 0 Å². The van der Waals surface area contributed by atoms with Crippen LogP contribution in [0.5, 0.6) is 0 Å². The second-order valence-electron chi connectivity index (χ2n) is 9.50. The Morgan fingerprint density at radius 2 is 1.86 bits per heavy atom. The number of hydrogen-bond donors (Lipinski definition) is 2. The van der Waals surface area contributed by atoms with E-state index in [0.717, 1.165) is 53.5 Å². The molecule has 3 N–H and O–H groups in total. The van der Waals surface area contributed by atoms with E-state index in [-0.39, 0.29) is 16.9 Å². The minimum atomic E-state index is -0.522. The van der Waals surface area contributed by atoms with Crippen LogP contribution in [0.25, 0.3) is 22.2 Å². The molecule has 5 rings (SSSR count). The van der Waals surface area contributed by atoms with Crippen LogP contribution in [0.1, 0.15) is 65.4 Å². The summed E-state index contributed by atoms with van der Waals surface area (Å²) >= 11 is 0. The Bertz CT molecular complexity index is 1570. The van der Waals surface area contributed by atoms with Crippen molar-refractivity contribution >= 4 is 34.2 Å². The van der Waals surface area contributed by atoms with Crippen LogP contribution in [0.15, 0.2) is 47.7 Å². The van der Waals surface area contributed by atoms with Gasteiger partial charge >= 0.3 is 0 Å². The van der Waals surface area contributed by atoms with Crippen LogP contribution in [0.2, 0.25) is 0 Å². The van der Waals surface area contributed by atoms with E-state index < -0.39 is 5.91 Å². The molecule has 3 heterocycles. The van der Waals surface area contributed by atoms with Crippen LogP contribution in [0.3, 0.4) is 0 Å². The minimum absolute atomic E-state index is 0.00597. The molecule has 37 heavy (non-hydrogen) atoms. The van der Waals surface area contributed by atoms with Gasteiger partial charge in [0.15, 0.2) is 5.78 Å². The molecule has 0 spiro atoms. The number of anilines is 2. The van der Waals surface area contributed by atoms with E-state index in [4.69, 9.17) is 5.73 Å². The lowest BCUT2D eigenvalue weighted by molar-refractivity contribution is 0.0970. The van der Waals surface area contributed by atoms with E-state index in [1.807, 2.05) is 29.9 Å². The quantitative estimate of drug-likeness (QED) is 0.365. The molecule has 1 aliphatic rings. The van der Waals surface area contributed by atoms with Gasteiger partial charge in [0.25, 0.3) is 11.5 Å². The number of fused-ring (bicyclic) bond motifs is 2. The summed E-state index contributed by atoms with van der Waals surface area (Å²) < 4.78 is 3.54. The Labute approximate surface area is 214 Å². The number of amides is 1. The van der Waals surface area contributed by atoms with Crippen molar-refractivity contribution in [2.75, 3.05) is 11.1 Å². The standard InChI is InChI=1S/C28H30N6O3/c1-3-4-5-13-34-22-7-6-8-23(35)19(22)14-20(28(34)37)27(36)32-18-11-9-17(10-12-18)21-15-33(2)26-24(21)25(29)30-16-31-26/h9-12,14-16H,3-8,13H2,1-2H3,(H,32,36)(H2,29,30,31). The number of benzene rings is 1. The highest BCUT2D eigenvalue weighted by Crippen LogP contribution is 2.32. The Kier molecular flexibility index (Phi) is 6.60. The van der Waals surface area contributed by atoms with E-state index in [0.29, 0.717) is 36.5 Å². The first-order valence-corrected chi connectivity index (χ1v) is 12.7. The average molecular weight is 499 g/mol. The zero-order valence-electron chi connectivity index (χ0n) is 21.1. The lowest BCUT2D eigenvalue weighted by atomic mass is 9.93. The minimum Gasteiger partial charge on any atom is -0.383 e. The van der Waals surface area contributed by atoms with Gasteiger partial charge in [-0.15, -0.1) is 0 Å². The Morgan fingerprint density at radius 1 is 1.08 bits per heavy atom. The van der Waals surface area contributed by atoms with Gasteiger partial charge in [-0.1, -0.05) is 31.9 Å². The Morgan fingerprint density at radius 3 is 2.62 bits per heavy atom. The Hall–Kier alpha value is -4.27. The van der Waals surface area contributed by atoms with Crippen LogP contribution in [0.4, 0.5) is 11.5 Å². The number of pyridine rings is 1. The normalized spacial score (nSPS) is 13.1. The van der Waals surface area contributed by atoms with E-state index in [2.05, 4.69) is 22.2 Å². The maximum Gasteiger partial charge on any atom is 0.263 e. The molecule has 190 valence electrons. The van der Waals surface area contributed by atoms with E-state index in [9.17, 15) is 14.4 Å². The third-order valence-electron chi connectivity index (χ3n) is 6.99. The Balaban J connectivity index is 1.44. The number of nitrogen functional groups attached to an aromatic ring is 1. The molecule has 0 bridgehead atoms. The van der Waals surface area contributed by atoms with Crippen molar-refractivity contribution in [3.05, 3.63) is 70.0 Å². The predicted molar refractivity (Wildman–Crippen MR) is 144 cm³/mol. The average Bonchev–Trinajstić information content (AvgIpc) is 3.23. The smallest absolute Gasteiger partial charge is 0.263 e. The van der Waals surface area contributed by atoms with Crippen LogP contribution >= 0.6 is 0 Å². The predicted octanol–water partition coefficient (Wildman–Crippen LogP) is 4.34. The maximum absolute atomic E-state index is 13.3. The van der Waals surface area contributed by atoms with Crippen LogP contribution in [-0.4, -0.2) is 30.8 Å². The van der Waals surface area contributed by atoms with E-state index in [1.165, 1.54) is 12.4 Å². The van der Waals surface area contributed by atoms with Gasteiger partial charge in [-0.25, -0.2) is 9.97 Å². The third kappa shape index (κ3) is 4.52. The fourth-order valence-electron chi connectivity index (χ4n) is 5.07. The highest BCUT2D eigenvalue weighted by atomic mass is 16.2. The molecule has 3 aromatic heterocycles. The third-order valence-corrected chi connectivity index (χ3v) is 6.99. The van der Waals surface area contributed by atoms with Crippen molar-refractivity contribution in [3.8, 4) is 11.1 Å². The first kappa shape index (κ1) is 24.4. The van der Waals surface area contributed by atoms with Gasteiger partial charge in [0, 0.05) is 48.7 Å². The van der Waals surface area contributed by atoms with E-state index in [1.54, 1.807) is 16.7 Å². The number of carbonyl (C=O) groups excluding carboxylic acids is 2. The van der Waals surface area contributed by atoms with Gasteiger partial charge < -0.3 is 20.2 Å². The van der Waals surface area contributed by atoms with Gasteiger partial charge in [-0.2, -0.15) is 0 Å². The topological polar surface area (TPSA) is 125 Å². The fraction of sp³-hybridized carbons (Fsp3) is 0.321. The molecule has 9 nitrogen and oxygen atoms in total. The molecule has 9 heteroatoms. The molecule has 1 amide bonds. The lowest BCUT2D eigenvalue weighted by Crippen LogP contribution is -2.34. The summed E-state index contributed by atoms with van der Waals surface area (Å²) in [4.78, 5) is 47.6. The molecule has 0 unspecified atom stereocenters. The van der Waals surface area contributed by atoms with Crippen molar-refractivity contribution in [1.82, 2.24) is 19.1 Å². The number of unbranched alkanes of at least 4 members (excludes halogenated alkanes) is 2. The lowest BCUT2D eigenvalue weighted by Gasteiger charge is -2.21. The number of Topliss-reactive ketones (excluding diaryl/α,β-unsaturated/α-hetero) is 1. The first-order valence-electron chi connectivity index (χ1n) is 12.7. The monoisotopic (exact) mass is 498 g/mol. The molecule has 4 aromatic rings. The zero-order chi connectivity index (χ0) is 26.1. The highest BCUT2D eigenvalue weighted by Gasteiger charge is 2.25. The summed E-state index contributed by atoms with van der Waals surface area (Å²) in [6.07, 6.45) is 8.04. The number of rotatable bonds is 7. The van der Waals surface area contributed by atoms with Crippen molar-refractivity contribution in [2.24, 2.45) is 7.05 Å². The second-order valence-corrected chi connectivity index (χ2v) is 9.50. The number of aryl methyl sites for hydroxylation is 1. The van der Waals surface area contributed by atoms with Gasteiger partial charge in [0.1, 0.15) is 23.4 Å². The van der Waals surface area contributed by atoms with Crippen molar-refractivity contribution in [2.45, 2.75) is 52.0 Å².